The van der Waals surface area contributed by atoms with Crippen LogP contribution < -0.4 is 10.5 Å². The molecule has 9 nitrogen and oxygen atoms in total. The van der Waals surface area contributed by atoms with Crippen LogP contribution in [0.1, 0.15) is 25.2 Å². The summed E-state index contributed by atoms with van der Waals surface area (Å²) in [5.41, 5.74) is 7.92. The lowest BCUT2D eigenvalue weighted by atomic mass is 10.0. The molecule has 0 aliphatic carbocycles. The molecule has 2 N–H and O–H groups in total. The first-order valence-corrected chi connectivity index (χ1v) is 10.4. The standard InChI is InChI=1S/C23H23FN6O3/c1-14(31)19(22(25)16-3-6-18(24)7-4-16)13-33-21-8-5-17(11-26-21)23-28-27-20-12-29(15(2)32)9-10-30(20)23/h3-8,11H,9-10,12-13,25H2,1-2H3/b22-19-. The normalized spacial score (nSPS) is 13.8. The minimum atomic E-state index is -0.387. The zero-order valence-corrected chi connectivity index (χ0v) is 18.3. The highest BCUT2D eigenvalue weighted by atomic mass is 19.1. The van der Waals surface area contributed by atoms with E-state index in [0.717, 1.165) is 11.4 Å². The van der Waals surface area contributed by atoms with Gasteiger partial charge in [-0.15, -0.1) is 10.2 Å². The Bertz CT molecular complexity index is 1220. The number of aromatic nitrogens is 4. The number of ether oxygens (including phenoxy) is 1. The lowest BCUT2D eigenvalue weighted by Gasteiger charge is -2.26. The Morgan fingerprint density at radius 1 is 1.09 bits per heavy atom. The maximum absolute atomic E-state index is 13.2. The van der Waals surface area contributed by atoms with Gasteiger partial charge in [-0.05, 0) is 42.8 Å². The Hall–Kier alpha value is -4.08. The summed E-state index contributed by atoms with van der Waals surface area (Å²) in [6, 6.07) is 9.06. The molecule has 0 unspecified atom stereocenters. The Kier molecular flexibility index (Phi) is 6.16. The molecular weight excluding hydrogens is 427 g/mol. The Morgan fingerprint density at radius 3 is 2.48 bits per heavy atom. The van der Waals surface area contributed by atoms with Gasteiger partial charge in [-0.25, -0.2) is 9.37 Å². The van der Waals surface area contributed by atoms with Crippen LogP contribution in [0.3, 0.4) is 0 Å². The van der Waals surface area contributed by atoms with Gasteiger partial charge < -0.3 is 19.9 Å². The van der Waals surface area contributed by atoms with E-state index in [4.69, 9.17) is 10.5 Å². The van der Waals surface area contributed by atoms with Gasteiger partial charge in [-0.1, -0.05) is 0 Å². The molecule has 0 radical (unpaired) electrons. The SMILES string of the molecule is CC(=O)/C(COc1ccc(-c2nnc3n2CCN(C(C)=O)C3)cn1)=C(\N)c1ccc(F)cc1. The smallest absolute Gasteiger partial charge is 0.219 e. The Morgan fingerprint density at radius 2 is 1.85 bits per heavy atom. The van der Waals surface area contributed by atoms with Crippen LogP contribution >= 0.6 is 0 Å². The zero-order valence-electron chi connectivity index (χ0n) is 18.3. The van der Waals surface area contributed by atoms with Crippen molar-refractivity contribution < 1.29 is 18.7 Å². The molecular formula is C23H23FN6O3. The second kappa shape index (κ2) is 9.19. The fourth-order valence-electron chi connectivity index (χ4n) is 3.56. The van der Waals surface area contributed by atoms with Crippen LogP contribution in [0, 0.1) is 5.82 Å². The maximum Gasteiger partial charge on any atom is 0.219 e. The molecule has 1 aliphatic rings. The van der Waals surface area contributed by atoms with Gasteiger partial charge in [0.2, 0.25) is 11.8 Å². The zero-order chi connectivity index (χ0) is 23.5. The van der Waals surface area contributed by atoms with Crippen LogP contribution in [-0.2, 0) is 22.7 Å². The van der Waals surface area contributed by atoms with Crippen LogP contribution in [-0.4, -0.2) is 49.5 Å². The van der Waals surface area contributed by atoms with Crippen LogP contribution in [0.15, 0.2) is 48.2 Å². The van der Waals surface area contributed by atoms with Gasteiger partial charge >= 0.3 is 0 Å². The van der Waals surface area contributed by atoms with Gasteiger partial charge in [0.1, 0.15) is 12.4 Å². The molecule has 0 fully saturated rings. The molecule has 0 saturated heterocycles. The van der Waals surface area contributed by atoms with Gasteiger partial charge in [0.05, 0.1) is 12.1 Å². The van der Waals surface area contributed by atoms with Crippen molar-refractivity contribution in [3.8, 4) is 17.3 Å². The number of fused-ring (bicyclic) bond motifs is 1. The molecule has 1 amide bonds. The number of nitrogens with zero attached hydrogens (tertiary/aromatic N) is 5. The number of nitrogens with two attached hydrogens (primary N) is 1. The third-order valence-corrected chi connectivity index (χ3v) is 5.46. The number of amides is 1. The second-order valence-electron chi connectivity index (χ2n) is 7.66. The predicted octanol–water partition coefficient (Wildman–Crippen LogP) is 2.18. The highest BCUT2D eigenvalue weighted by Crippen LogP contribution is 2.23. The Balaban J connectivity index is 1.48. The molecule has 33 heavy (non-hydrogen) atoms. The van der Waals surface area contributed by atoms with E-state index in [1.165, 1.54) is 38.1 Å². The minimum Gasteiger partial charge on any atom is -0.473 e. The van der Waals surface area contributed by atoms with Crippen molar-refractivity contribution >= 4 is 17.4 Å². The van der Waals surface area contributed by atoms with Gasteiger partial charge in [-0.2, -0.15) is 0 Å². The number of benzene rings is 1. The van der Waals surface area contributed by atoms with E-state index in [0.29, 0.717) is 36.9 Å². The summed E-state index contributed by atoms with van der Waals surface area (Å²) >= 11 is 0. The van der Waals surface area contributed by atoms with Crippen LogP contribution in [0.2, 0.25) is 0 Å². The summed E-state index contributed by atoms with van der Waals surface area (Å²) < 4.78 is 20.8. The van der Waals surface area contributed by atoms with Crippen molar-refractivity contribution in [2.24, 2.45) is 5.73 Å². The van der Waals surface area contributed by atoms with E-state index in [9.17, 15) is 14.0 Å². The quantitative estimate of drug-likeness (QED) is 0.572. The van der Waals surface area contributed by atoms with Gasteiger partial charge in [-0.3, -0.25) is 9.59 Å². The molecule has 0 atom stereocenters. The summed E-state index contributed by atoms with van der Waals surface area (Å²) in [4.78, 5) is 29.7. The number of Topliss-reactive ketones (excluding diaryl/α,β-unsaturated/α-hetero) is 1. The summed E-state index contributed by atoms with van der Waals surface area (Å²) in [7, 11) is 0. The van der Waals surface area contributed by atoms with E-state index in [1.807, 2.05) is 4.57 Å². The third kappa shape index (κ3) is 4.74. The van der Waals surface area contributed by atoms with Gasteiger partial charge in [0.15, 0.2) is 17.4 Å². The van der Waals surface area contributed by atoms with Crippen LogP contribution in [0.5, 0.6) is 5.88 Å². The average Bonchev–Trinajstić information content (AvgIpc) is 3.23. The second-order valence-corrected chi connectivity index (χ2v) is 7.66. The molecule has 10 heteroatoms. The van der Waals surface area contributed by atoms with E-state index in [-0.39, 0.29) is 35.4 Å². The monoisotopic (exact) mass is 450 g/mol. The molecule has 0 saturated carbocycles. The molecule has 1 aliphatic heterocycles. The van der Waals surface area contributed by atoms with E-state index in [1.54, 1.807) is 23.2 Å². The molecule has 0 bridgehead atoms. The van der Waals surface area contributed by atoms with E-state index >= 15 is 0 Å². The Labute approximate surface area is 189 Å². The van der Waals surface area contributed by atoms with Crippen LogP contribution in [0.25, 0.3) is 17.1 Å². The average molecular weight is 450 g/mol. The highest BCUT2D eigenvalue weighted by Gasteiger charge is 2.23. The lowest BCUT2D eigenvalue weighted by Crippen LogP contribution is -2.37. The molecule has 3 aromatic rings. The number of halogens is 1. The van der Waals surface area contributed by atoms with Crippen molar-refractivity contribution in [3.63, 3.8) is 0 Å². The van der Waals surface area contributed by atoms with Crippen molar-refractivity contribution in [2.75, 3.05) is 13.2 Å². The molecule has 1 aromatic carbocycles. The number of carbonyl (C=O) groups is 2. The summed E-state index contributed by atoms with van der Waals surface area (Å²) in [5, 5.41) is 8.45. The number of rotatable bonds is 6. The fraction of sp³-hybridized carbons (Fsp3) is 0.261. The number of pyridine rings is 1. The van der Waals surface area contributed by atoms with Crippen LogP contribution in [0.4, 0.5) is 4.39 Å². The first kappa shape index (κ1) is 22.1. The molecule has 3 heterocycles. The van der Waals surface area contributed by atoms with E-state index in [2.05, 4.69) is 15.2 Å². The topological polar surface area (TPSA) is 116 Å². The maximum atomic E-state index is 13.2. The first-order valence-electron chi connectivity index (χ1n) is 10.4. The molecule has 4 rings (SSSR count). The number of hydrogen-bond acceptors (Lipinski definition) is 7. The highest BCUT2D eigenvalue weighted by molar-refractivity contribution is 6.00. The van der Waals surface area contributed by atoms with Crippen molar-refractivity contribution in [1.29, 1.82) is 0 Å². The van der Waals surface area contributed by atoms with Crippen molar-refractivity contribution in [2.45, 2.75) is 26.9 Å². The largest absolute Gasteiger partial charge is 0.473 e. The van der Waals surface area contributed by atoms with Gasteiger partial charge in [0, 0.05) is 43.5 Å². The van der Waals surface area contributed by atoms with Crippen molar-refractivity contribution in [1.82, 2.24) is 24.6 Å². The summed E-state index contributed by atoms with van der Waals surface area (Å²) in [5.74, 6) is 1.07. The minimum absolute atomic E-state index is 0.00742. The van der Waals surface area contributed by atoms with E-state index < -0.39 is 0 Å². The third-order valence-electron chi connectivity index (χ3n) is 5.46. The molecule has 170 valence electrons. The number of carbonyl (C=O) groups excluding carboxylic acids is 2. The predicted molar refractivity (Wildman–Crippen MR) is 118 cm³/mol. The molecule has 2 aromatic heterocycles. The number of ketones is 1. The summed E-state index contributed by atoms with van der Waals surface area (Å²) in [6.45, 7) is 4.48. The fourth-order valence-corrected chi connectivity index (χ4v) is 3.56. The molecule has 0 spiro atoms. The van der Waals surface area contributed by atoms with Crippen molar-refractivity contribution in [3.05, 3.63) is 65.4 Å². The summed E-state index contributed by atoms with van der Waals surface area (Å²) in [6.07, 6.45) is 1.62. The first-order chi connectivity index (χ1) is 15.8. The lowest BCUT2D eigenvalue weighted by molar-refractivity contribution is -0.130. The number of hydrogen-bond donors (Lipinski definition) is 1. The van der Waals surface area contributed by atoms with Gasteiger partial charge in [0.25, 0.3) is 0 Å².